The van der Waals surface area contributed by atoms with Crippen LogP contribution in [0.2, 0.25) is 0 Å². The Morgan fingerprint density at radius 2 is 2.00 bits per heavy atom. The van der Waals surface area contributed by atoms with E-state index in [0.717, 1.165) is 5.69 Å². The summed E-state index contributed by atoms with van der Waals surface area (Å²) in [7, 11) is 0. The number of hydrogen-bond donors (Lipinski definition) is 1. The van der Waals surface area contributed by atoms with Gasteiger partial charge in [-0.05, 0) is 6.92 Å². The van der Waals surface area contributed by atoms with Crippen LogP contribution < -0.4 is 5.43 Å². The Labute approximate surface area is 62.9 Å². The first-order valence-electron chi connectivity index (χ1n) is 2.85. The quantitative estimate of drug-likeness (QED) is 0.574. The molecule has 0 aliphatic carbocycles. The Hall–Kier alpha value is -1.67. The molecule has 0 unspecified atom stereocenters. The number of aromatic amines is 1. The molecule has 1 N–H and O–H groups in total. The summed E-state index contributed by atoms with van der Waals surface area (Å²) in [4.78, 5) is 29.6. The molecule has 0 atom stereocenters. The summed E-state index contributed by atoms with van der Waals surface area (Å²) in [6, 6.07) is 3.05. The minimum absolute atomic E-state index is 0.0567. The molecule has 1 aromatic heterocycles. The monoisotopic (exact) mass is 153 g/mol. The smallest absolute Gasteiger partial charge is 0.365 e. The van der Waals surface area contributed by atoms with Gasteiger partial charge in [-0.15, -0.1) is 0 Å². The first-order chi connectivity index (χ1) is 5.20. The molecule has 1 heterocycles. The summed E-state index contributed by atoms with van der Waals surface area (Å²) < 4.78 is 0. The SMILES string of the molecule is Cc1cc(=O)cc[nH]1.O=C=O. The molecule has 4 heteroatoms. The fourth-order valence-corrected chi connectivity index (χ4v) is 0.558. The van der Waals surface area contributed by atoms with Crippen molar-refractivity contribution in [2.24, 2.45) is 0 Å². The maximum absolute atomic E-state index is 10.5. The lowest BCUT2D eigenvalue weighted by Crippen LogP contribution is -1.96. The Kier molecular flexibility index (Phi) is 4.36. The largest absolute Gasteiger partial charge is 0.373 e. The van der Waals surface area contributed by atoms with Gasteiger partial charge in [0.05, 0.1) is 0 Å². The molecule has 0 saturated carbocycles. The fourth-order valence-electron chi connectivity index (χ4n) is 0.558. The summed E-state index contributed by atoms with van der Waals surface area (Å²) in [6.45, 7) is 1.85. The lowest BCUT2D eigenvalue weighted by molar-refractivity contribution is -0.191. The number of H-pyrrole nitrogens is 1. The molecule has 58 valence electrons. The molecule has 4 nitrogen and oxygen atoms in total. The first-order valence-corrected chi connectivity index (χ1v) is 2.85. The van der Waals surface area contributed by atoms with E-state index in [2.05, 4.69) is 4.98 Å². The number of aryl methyl sites for hydroxylation is 1. The predicted molar refractivity (Wildman–Crippen MR) is 36.8 cm³/mol. The maximum Gasteiger partial charge on any atom is 0.373 e. The van der Waals surface area contributed by atoms with Gasteiger partial charge in [0.2, 0.25) is 0 Å². The minimum atomic E-state index is 0.0567. The van der Waals surface area contributed by atoms with Crippen molar-refractivity contribution in [2.45, 2.75) is 6.92 Å². The number of nitrogens with one attached hydrogen (secondary N) is 1. The maximum atomic E-state index is 10.5. The molecule has 0 aliphatic heterocycles. The number of aromatic nitrogens is 1. The van der Waals surface area contributed by atoms with Gasteiger partial charge in [0.25, 0.3) is 0 Å². The summed E-state index contributed by atoms with van der Waals surface area (Å²) in [5, 5.41) is 0. The van der Waals surface area contributed by atoms with Crippen molar-refractivity contribution in [1.29, 1.82) is 0 Å². The number of hydrogen-bond acceptors (Lipinski definition) is 3. The zero-order chi connectivity index (χ0) is 8.69. The molecule has 0 radical (unpaired) electrons. The fraction of sp³-hybridized carbons (Fsp3) is 0.143. The van der Waals surface area contributed by atoms with Gasteiger partial charge in [-0.3, -0.25) is 4.79 Å². The molecule has 0 aromatic carbocycles. The van der Waals surface area contributed by atoms with E-state index in [1.165, 1.54) is 6.07 Å². The van der Waals surface area contributed by atoms with Crippen molar-refractivity contribution in [2.75, 3.05) is 0 Å². The second-order valence-electron chi connectivity index (χ2n) is 1.79. The van der Waals surface area contributed by atoms with Crippen molar-refractivity contribution in [1.82, 2.24) is 4.98 Å². The highest BCUT2D eigenvalue weighted by Crippen LogP contribution is 1.79. The van der Waals surface area contributed by atoms with Crippen LogP contribution in [0.15, 0.2) is 23.1 Å². The van der Waals surface area contributed by atoms with E-state index in [9.17, 15) is 4.79 Å². The highest BCUT2D eigenvalue weighted by Gasteiger charge is 1.80. The van der Waals surface area contributed by atoms with Crippen molar-refractivity contribution in [3.05, 3.63) is 34.2 Å². The number of pyridine rings is 1. The second kappa shape index (κ2) is 5.14. The van der Waals surface area contributed by atoms with Gasteiger partial charge in [-0.1, -0.05) is 0 Å². The zero-order valence-corrected chi connectivity index (χ0v) is 5.96. The van der Waals surface area contributed by atoms with Gasteiger partial charge in [0, 0.05) is 24.0 Å². The van der Waals surface area contributed by atoms with Crippen LogP contribution in [0.4, 0.5) is 0 Å². The van der Waals surface area contributed by atoms with E-state index >= 15 is 0 Å². The molecule has 11 heavy (non-hydrogen) atoms. The third kappa shape index (κ3) is 4.81. The average Bonchev–Trinajstić information content (AvgIpc) is 1.88. The Morgan fingerprint density at radius 1 is 1.45 bits per heavy atom. The number of rotatable bonds is 0. The van der Waals surface area contributed by atoms with Crippen molar-refractivity contribution < 1.29 is 9.59 Å². The first kappa shape index (κ1) is 9.33. The lowest BCUT2D eigenvalue weighted by atomic mass is 10.4. The van der Waals surface area contributed by atoms with Gasteiger partial charge in [0.15, 0.2) is 5.43 Å². The van der Waals surface area contributed by atoms with E-state index in [1.54, 1.807) is 12.3 Å². The molecule has 1 rings (SSSR count). The van der Waals surface area contributed by atoms with Crippen LogP contribution in [-0.4, -0.2) is 11.1 Å². The van der Waals surface area contributed by atoms with E-state index in [0.29, 0.717) is 0 Å². The summed E-state index contributed by atoms with van der Waals surface area (Å²) in [5.41, 5.74) is 0.957. The van der Waals surface area contributed by atoms with E-state index in [-0.39, 0.29) is 11.6 Å². The summed E-state index contributed by atoms with van der Waals surface area (Å²) in [5.74, 6) is 0. The molecule has 0 fully saturated rings. The molecule has 0 aliphatic rings. The highest BCUT2D eigenvalue weighted by atomic mass is 16.2. The van der Waals surface area contributed by atoms with Gasteiger partial charge >= 0.3 is 6.15 Å². The molecular formula is C7H7NO3. The van der Waals surface area contributed by atoms with Crippen molar-refractivity contribution in [3.63, 3.8) is 0 Å². The molecule has 0 spiro atoms. The predicted octanol–water partition coefficient (Wildman–Crippen LogP) is 0.0998. The molecule has 1 aromatic rings. The topological polar surface area (TPSA) is 67.0 Å². The van der Waals surface area contributed by atoms with Crippen LogP contribution in [0.5, 0.6) is 0 Å². The van der Waals surface area contributed by atoms with Gasteiger partial charge < -0.3 is 4.98 Å². The lowest BCUT2D eigenvalue weighted by Gasteiger charge is -1.85. The van der Waals surface area contributed by atoms with Crippen LogP contribution in [-0.2, 0) is 9.59 Å². The Balaban J connectivity index is 0.000000292. The van der Waals surface area contributed by atoms with Crippen molar-refractivity contribution in [3.8, 4) is 0 Å². The van der Waals surface area contributed by atoms with E-state index in [4.69, 9.17) is 9.59 Å². The zero-order valence-electron chi connectivity index (χ0n) is 5.96. The Bertz CT molecular complexity index is 297. The van der Waals surface area contributed by atoms with Crippen LogP contribution in [0.3, 0.4) is 0 Å². The Morgan fingerprint density at radius 3 is 2.27 bits per heavy atom. The normalized spacial score (nSPS) is 7.36. The second-order valence-corrected chi connectivity index (χ2v) is 1.79. The van der Waals surface area contributed by atoms with Gasteiger partial charge in [0.1, 0.15) is 0 Å². The average molecular weight is 153 g/mol. The standard InChI is InChI=1S/C6H7NO.CO2/c1-5-4-6(8)2-3-7-5;2-1-3/h2-4H,1H3,(H,7,8);. The van der Waals surface area contributed by atoms with Gasteiger partial charge in [-0.25, -0.2) is 0 Å². The van der Waals surface area contributed by atoms with E-state index < -0.39 is 0 Å². The summed E-state index contributed by atoms with van der Waals surface area (Å²) in [6.07, 6.45) is 1.89. The molecule has 0 amide bonds. The molecular weight excluding hydrogens is 146 g/mol. The van der Waals surface area contributed by atoms with Crippen LogP contribution >= 0.6 is 0 Å². The van der Waals surface area contributed by atoms with E-state index in [1.807, 2.05) is 6.92 Å². The van der Waals surface area contributed by atoms with Crippen LogP contribution in [0.1, 0.15) is 5.69 Å². The van der Waals surface area contributed by atoms with Crippen LogP contribution in [0.25, 0.3) is 0 Å². The minimum Gasteiger partial charge on any atom is -0.365 e. The third-order valence-corrected chi connectivity index (χ3v) is 0.917. The summed E-state index contributed by atoms with van der Waals surface area (Å²) >= 11 is 0. The van der Waals surface area contributed by atoms with Crippen LogP contribution in [0, 0.1) is 6.92 Å². The molecule has 0 bridgehead atoms. The highest BCUT2D eigenvalue weighted by molar-refractivity contribution is 5.20. The molecule has 0 saturated heterocycles. The third-order valence-electron chi connectivity index (χ3n) is 0.917. The van der Waals surface area contributed by atoms with Gasteiger partial charge in [-0.2, -0.15) is 9.59 Å². The number of carbonyl (C=O) groups excluding carboxylic acids is 2. The van der Waals surface area contributed by atoms with Crippen molar-refractivity contribution >= 4 is 6.15 Å².